The van der Waals surface area contributed by atoms with Crippen LogP contribution in [0.15, 0.2) is 0 Å². The molecule has 0 bridgehead atoms. The highest BCUT2D eigenvalue weighted by atomic mass is 16.3. The number of aliphatic hydroxyl groups excluding tert-OH is 1. The summed E-state index contributed by atoms with van der Waals surface area (Å²) in [6.45, 7) is 3.62. The molecule has 96 valence electrons. The molecule has 0 aliphatic heterocycles. The molecule has 0 saturated heterocycles. The zero-order chi connectivity index (χ0) is 12.8. The minimum Gasteiger partial charge on any atom is -0.396 e. The summed E-state index contributed by atoms with van der Waals surface area (Å²) in [6, 6.07) is 0. The van der Waals surface area contributed by atoms with Crippen LogP contribution in [0.4, 0.5) is 17.8 Å². The van der Waals surface area contributed by atoms with Crippen molar-refractivity contribution in [2.45, 2.75) is 13.3 Å². The topological polar surface area (TPSA) is 91.4 Å². The van der Waals surface area contributed by atoms with Gasteiger partial charge >= 0.3 is 0 Å². The lowest BCUT2D eigenvalue weighted by Gasteiger charge is -2.21. The highest BCUT2D eigenvalue weighted by Gasteiger charge is 2.11. The molecule has 0 radical (unpaired) electrons. The normalized spacial score (nSPS) is 10.4. The molecule has 0 spiro atoms. The molecule has 0 aliphatic rings. The lowest BCUT2D eigenvalue weighted by atomic mass is 10.4. The Kier molecular flexibility index (Phi) is 4.89. The highest BCUT2D eigenvalue weighted by Crippen LogP contribution is 2.13. The van der Waals surface area contributed by atoms with Gasteiger partial charge in [0.15, 0.2) is 0 Å². The van der Waals surface area contributed by atoms with Crippen molar-refractivity contribution >= 4 is 17.8 Å². The molecular formula is C10H20N6O. The molecule has 3 N–H and O–H groups in total. The van der Waals surface area contributed by atoms with Crippen LogP contribution in [0.5, 0.6) is 0 Å². The quantitative estimate of drug-likeness (QED) is 0.707. The average Bonchev–Trinajstić information content (AvgIpc) is 2.29. The van der Waals surface area contributed by atoms with E-state index in [1.54, 1.807) is 4.90 Å². The first-order valence-electron chi connectivity index (χ1n) is 5.63. The minimum atomic E-state index is 0.150. The molecular weight excluding hydrogens is 220 g/mol. The maximum atomic E-state index is 8.84. The van der Waals surface area contributed by atoms with Gasteiger partial charge in [0.2, 0.25) is 17.8 Å². The second-order valence-corrected chi connectivity index (χ2v) is 3.84. The Bertz CT molecular complexity index is 357. The van der Waals surface area contributed by atoms with Crippen molar-refractivity contribution in [2.75, 3.05) is 49.3 Å². The van der Waals surface area contributed by atoms with Crippen LogP contribution in [-0.2, 0) is 0 Å². The standard InChI is InChI=1S/C10H20N6O/c1-4-16(6-5-7-17)10-13-8(11)12-9(14-10)15(2)3/h17H,4-7H2,1-3H3,(H2,11,12,13,14). The van der Waals surface area contributed by atoms with Gasteiger partial charge in [0.05, 0.1) is 0 Å². The van der Waals surface area contributed by atoms with E-state index in [9.17, 15) is 0 Å². The number of hydrogen-bond acceptors (Lipinski definition) is 7. The number of hydrogen-bond donors (Lipinski definition) is 2. The summed E-state index contributed by atoms with van der Waals surface area (Å²) in [5, 5.41) is 8.84. The van der Waals surface area contributed by atoms with Crippen LogP contribution in [-0.4, -0.2) is 53.9 Å². The Morgan fingerprint density at radius 2 is 1.82 bits per heavy atom. The third kappa shape index (κ3) is 3.70. The third-order valence-electron chi connectivity index (χ3n) is 2.28. The van der Waals surface area contributed by atoms with Gasteiger partial charge in [-0.05, 0) is 13.3 Å². The van der Waals surface area contributed by atoms with Gasteiger partial charge in [0.25, 0.3) is 0 Å². The maximum Gasteiger partial charge on any atom is 0.231 e. The van der Waals surface area contributed by atoms with E-state index in [1.807, 2.05) is 25.9 Å². The Balaban J connectivity index is 2.94. The predicted octanol–water partition coefficient (Wildman–Crippen LogP) is -0.271. The molecule has 0 saturated carbocycles. The van der Waals surface area contributed by atoms with E-state index in [2.05, 4.69) is 15.0 Å². The number of nitrogens with two attached hydrogens (primary N) is 1. The molecule has 0 fully saturated rings. The molecule has 0 amide bonds. The van der Waals surface area contributed by atoms with Crippen molar-refractivity contribution in [3.63, 3.8) is 0 Å². The van der Waals surface area contributed by atoms with Crippen molar-refractivity contribution in [3.05, 3.63) is 0 Å². The van der Waals surface area contributed by atoms with Crippen LogP contribution in [0.1, 0.15) is 13.3 Å². The average molecular weight is 240 g/mol. The zero-order valence-corrected chi connectivity index (χ0v) is 10.6. The van der Waals surface area contributed by atoms with Crippen LogP contribution in [0.25, 0.3) is 0 Å². The van der Waals surface area contributed by atoms with Gasteiger partial charge in [0, 0.05) is 33.8 Å². The lowest BCUT2D eigenvalue weighted by Crippen LogP contribution is -2.28. The molecule has 0 aliphatic carbocycles. The van der Waals surface area contributed by atoms with E-state index < -0.39 is 0 Å². The molecule has 17 heavy (non-hydrogen) atoms. The number of nitrogens with zero attached hydrogens (tertiary/aromatic N) is 5. The predicted molar refractivity (Wildman–Crippen MR) is 68.2 cm³/mol. The summed E-state index contributed by atoms with van der Waals surface area (Å²) >= 11 is 0. The summed E-state index contributed by atoms with van der Waals surface area (Å²) in [5.41, 5.74) is 5.65. The molecule has 0 aromatic carbocycles. The number of nitrogen functional groups attached to an aromatic ring is 1. The molecule has 0 atom stereocenters. The summed E-state index contributed by atoms with van der Waals surface area (Å²) in [6.07, 6.45) is 0.677. The maximum absolute atomic E-state index is 8.84. The molecule has 1 aromatic rings. The summed E-state index contributed by atoms with van der Waals surface area (Å²) in [7, 11) is 3.70. The molecule has 1 rings (SSSR count). The van der Waals surface area contributed by atoms with Crippen molar-refractivity contribution in [1.29, 1.82) is 0 Å². The van der Waals surface area contributed by atoms with Crippen LogP contribution in [0.3, 0.4) is 0 Å². The lowest BCUT2D eigenvalue weighted by molar-refractivity contribution is 0.289. The van der Waals surface area contributed by atoms with Gasteiger partial charge in [-0.1, -0.05) is 0 Å². The fourth-order valence-corrected chi connectivity index (χ4v) is 1.37. The number of aromatic nitrogens is 3. The van der Waals surface area contributed by atoms with Crippen molar-refractivity contribution in [3.8, 4) is 0 Å². The molecule has 7 nitrogen and oxygen atoms in total. The second-order valence-electron chi connectivity index (χ2n) is 3.84. The van der Waals surface area contributed by atoms with Crippen LogP contribution < -0.4 is 15.5 Å². The van der Waals surface area contributed by atoms with Crippen molar-refractivity contribution in [2.24, 2.45) is 0 Å². The molecule has 1 aromatic heterocycles. The van der Waals surface area contributed by atoms with Gasteiger partial charge < -0.3 is 20.6 Å². The van der Waals surface area contributed by atoms with Crippen molar-refractivity contribution < 1.29 is 5.11 Å². The SMILES string of the molecule is CCN(CCCO)c1nc(N)nc(N(C)C)n1. The number of anilines is 3. The van der Waals surface area contributed by atoms with E-state index in [0.29, 0.717) is 24.9 Å². The van der Waals surface area contributed by atoms with Crippen LogP contribution in [0.2, 0.25) is 0 Å². The monoisotopic (exact) mass is 240 g/mol. The Hall–Kier alpha value is -1.63. The van der Waals surface area contributed by atoms with E-state index >= 15 is 0 Å². The fraction of sp³-hybridized carbons (Fsp3) is 0.700. The first-order valence-corrected chi connectivity index (χ1v) is 5.63. The molecule has 1 heterocycles. The fourth-order valence-electron chi connectivity index (χ4n) is 1.37. The Labute approximate surface area is 101 Å². The Morgan fingerprint density at radius 3 is 2.35 bits per heavy atom. The minimum absolute atomic E-state index is 0.150. The smallest absolute Gasteiger partial charge is 0.231 e. The van der Waals surface area contributed by atoms with E-state index in [4.69, 9.17) is 10.8 Å². The largest absolute Gasteiger partial charge is 0.396 e. The first-order chi connectivity index (χ1) is 8.08. The number of rotatable bonds is 6. The van der Waals surface area contributed by atoms with Gasteiger partial charge in [0.1, 0.15) is 0 Å². The van der Waals surface area contributed by atoms with Crippen LogP contribution >= 0.6 is 0 Å². The first kappa shape index (κ1) is 13.4. The Morgan fingerprint density at radius 1 is 1.18 bits per heavy atom. The van der Waals surface area contributed by atoms with E-state index in [1.165, 1.54) is 0 Å². The van der Waals surface area contributed by atoms with Crippen LogP contribution in [0, 0.1) is 0 Å². The molecule has 7 heteroatoms. The third-order valence-corrected chi connectivity index (χ3v) is 2.28. The summed E-state index contributed by atoms with van der Waals surface area (Å²) in [5.74, 6) is 1.30. The van der Waals surface area contributed by atoms with Gasteiger partial charge in [-0.2, -0.15) is 15.0 Å². The summed E-state index contributed by atoms with van der Waals surface area (Å²) < 4.78 is 0. The van der Waals surface area contributed by atoms with Crippen molar-refractivity contribution in [1.82, 2.24) is 15.0 Å². The second kappa shape index (κ2) is 6.19. The summed E-state index contributed by atoms with van der Waals surface area (Å²) in [4.78, 5) is 16.2. The van der Waals surface area contributed by atoms with E-state index in [0.717, 1.165) is 6.54 Å². The zero-order valence-electron chi connectivity index (χ0n) is 10.6. The number of aliphatic hydroxyl groups is 1. The molecule has 0 unspecified atom stereocenters. The van der Waals surface area contributed by atoms with Gasteiger partial charge in [-0.3, -0.25) is 0 Å². The highest BCUT2D eigenvalue weighted by molar-refractivity contribution is 5.42. The van der Waals surface area contributed by atoms with Gasteiger partial charge in [-0.15, -0.1) is 0 Å². The van der Waals surface area contributed by atoms with Gasteiger partial charge in [-0.25, -0.2) is 0 Å². The van der Waals surface area contributed by atoms with E-state index in [-0.39, 0.29) is 12.6 Å².